The lowest BCUT2D eigenvalue weighted by Crippen LogP contribution is -2.54. The SMILES string of the molecule is CC(C)CCC(C)C1CCC2C3CC=C4C(C)(C)C(C(C)OO)CCC4(C)C3CCC12C. The first kappa shape index (κ1) is 24.8. The minimum absolute atomic E-state index is 0.0919. The van der Waals surface area contributed by atoms with Crippen molar-refractivity contribution in [1.82, 2.24) is 0 Å². The highest BCUT2D eigenvalue weighted by Crippen LogP contribution is 2.69. The van der Waals surface area contributed by atoms with Gasteiger partial charge < -0.3 is 0 Å². The molecule has 0 saturated heterocycles. The van der Waals surface area contributed by atoms with Crippen LogP contribution >= 0.6 is 0 Å². The van der Waals surface area contributed by atoms with Crippen LogP contribution in [-0.2, 0) is 4.89 Å². The minimum Gasteiger partial charge on any atom is -0.252 e. The van der Waals surface area contributed by atoms with E-state index in [2.05, 4.69) is 54.5 Å². The molecule has 0 aromatic carbocycles. The molecule has 0 bridgehead atoms. The van der Waals surface area contributed by atoms with Crippen LogP contribution in [0.2, 0.25) is 0 Å². The van der Waals surface area contributed by atoms with Gasteiger partial charge in [-0.1, -0.05) is 73.0 Å². The number of hydrogen-bond acceptors (Lipinski definition) is 2. The fourth-order valence-corrected chi connectivity index (χ4v) is 10.1. The Morgan fingerprint density at radius 2 is 1.62 bits per heavy atom. The van der Waals surface area contributed by atoms with Gasteiger partial charge in [-0.2, -0.15) is 0 Å². The van der Waals surface area contributed by atoms with Crippen molar-refractivity contribution in [2.24, 2.45) is 57.7 Å². The molecule has 4 aliphatic carbocycles. The summed E-state index contributed by atoms with van der Waals surface area (Å²) in [6.45, 7) is 19.5. The van der Waals surface area contributed by atoms with E-state index in [-0.39, 0.29) is 11.5 Å². The van der Waals surface area contributed by atoms with Gasteiger partial charge in [0.25, 0.3) is 0 Å². The minimum atomic E-state index is -0.0919. The van der Waals surface area contributed by atoms with Gasteiger partial charge in [-0.3, -0.25) is 5.26 Å². The van der Waals surface area contributed by atoms with Crippen LogP contribution in [0.3, 0.4) is 0 Å². The molecule has 0 aliphatic heterocycles. The maximum absolute atomic E-state index is 9.42. The van der Waals surface area contributed by atoms with Crippen LogP contribution in [0.25, 0.3) is 0 Å². The van der Waals surface area contributed by atoms with Crippen LogP contribution in [0.5, 0.6) is 0 Å². The molecule has 0 aromatic heterocycles. The third-order valence-corrected chi connectivity index (χ3v) is 11.8. The van der Waals surface area contributed by atoms with Crippen molar-refractivity contribution < 1.29 is 10.1 Å². The van der Waals surface area contributed by atoms with Crippen molar-refractivity contribution in [3.63, 3.8) is 0 Å². The summed E-state index contributed by atoms with van der Waals surface area (Å²) < 4.78 is 0. The summed E-state index contributed by atoms with van der Waals surface area (Å²) in [5.41, 5.74) is 2.69. The topological polar surface area (TPSA) is 29.5 Å². The summed E-state index contributed by atoms with van der Waals surface area (Å²) in [7, 11) is 0. The predicted molar refractivity (Wildman–Crippen MR) is 134 cm³/mol. The van der Waals surface area contributed by atoms with Crippen LogP contribution in [0.15, 0.2) is 11.6 Å². The highest BCUT2D eigenvalue weighted by Gasteiger charge is 2.61. The summed E-state index contributed by atoms with van der Waals surface area (Å²) in [6.07, 6.45) is 14.9. The van der Waals surface area contributed by atoms with E-state index in [1.165, 1.54) is 57.8 Å². The highest BCUT2D eigenvalue weighted by atomic mass is 17.1. The van der Waals surface area contributed by atoms with Crippen LogP contribution < -0.4 is 0 Å². The third kappa shape index (κ3) is 3.74. The van der Waals surface area contributed by atoms with Gasteiger partial charge in [0, 0.05) is 0 Å². The lowest BCUT2D eigenvalue weighted by molar-refractivity contribution is -0.294. The molecule has 0 spiro atoms. The predicted octanol–water partition coefficient (Wildman–Crippen LogP) is 8.77. The molecule has 2 heteroatoms. The molecule has 3 fully saturated rings. The molecule has 3 saturated carbocycles. The van der Waals surface area contributed by atoms with Crippen molar-refractivity contribution in [1.29, 1.82) is 0 Å². The van der Waals surface area contributed by atoms with Gasteiger partial charge in [0.2, 0.25) is 0 Å². The second kappa shape index (κ2) is 8.71. The van der Waals surface area contributed by atoms with Gasteiger partial charge in [0.15, 0.2) is 0 Å². The number of rotatable bonds is 6. The molecule has 0 heterocycles. The third-order valence-electron chi connectivity index (χ3n) is 11.8. The number of hydrogen-bond donors (Lipinski definition) is 1. The van der Waals surface area contributed by atoms with E-state index in [0.717, 1.165) is 35.5 Å². The Kier molecular flexibility index (Phi) is 6.74. The molecule has 0 aromatic rings. The summed E-state index contributed by atoms with van der Waals surface area (Å²) >= 11 is 0. The Morgan fingerprint density at radius 1 is 0.906 bits per heavy atom. The van der Waals surface area contributed by atoms with Crippen molar-refractivity contribution in [3.8, 4) is 0 Å². The van der Waals surface area contributed by atoms with Gasteiger partial charge in [0.1, 0.15) is 0 Å². The first-order valence-corrected chi connectivity index (χ1v) is 14.0. The van der Waals surface area contributed by atoms with E-state index in [1.54, 1.807) is 5.57 Å². The molecule has 4 rings (SSSR count). The zero-order chi connectivity index (χ0) is 23.5. The fourth-order valence-electron chi connectivity index (χ4n) is 10.1. The first-order chi connectivity index (χ1) is 15.0. The summed E-state index contributed by atoms with van der Waals surface area (Å²) in [6, 6.07) is 0. The lowest BCUT2D eigenvalue weighted by atomic mass is 9.43. The molecule has 32 heavy (non-hydrogen) atoms. The van der Waals surface area contributed by atoms with Crippen molar-refractivity contribution in [3.05, 3.63) is 11.6 Å². The van der Waals surface area contributed by atoms with E-state index in [0.29, 0.717) is 16.7 Å². The van der Waals surface area contributed by atoms with Crippen molar-refractivity contribution >= 4 is 0 Å². The van der Waals surface area contributed by atoms with E-state index in [4.69, 9.17) is 4.89 Å². The Labute approximate surface area is 198 Å². The van der Waals surface area contributed by atoms with Gasteiger partial charge in [-0.15, -0.1) is 0 Å². The van der Waals surface area contributed by atoms with Crippen LogP contribution in [0.4, 0.5) is 0 Å². The van der Waals surface area contributed by atoms with Crippen molar-refractivity contribution in [2.45, 2.75) is 119 Å². The number of fused-ring (bicyclic) bond motifs is 5. The molecular weight excluding hydrogens is 392 g/mol. The summed E-state index contributed by atoms with van der Waals surface area (Å²) in [5.74, 6) is 5.68. The van der Waals surface area contributed by atoms with E-state index < -0.39 is 0 Å². The average molecular weight is 445 g/mol. The summed E-state index contributed by atoms with van der Waals surface area (Å²) in [5, 5.41) is 9.42. The molecule has 4 aliphatic rings. The first-order valence-electron chi connectivity index (χ1n) is 14.0. The van der Waals surface area contributed by atoms with Crippen LogP contribution in [0.1, 0.15) is 113 Å². The zero-order valence-corrected chi connectivity index (χ0v) is 22.4. The average Bonchev–Trinajstić information content (AvgIpc) is 3.08. The van der Waals surface area contributed by atoms with E-state index in [9.17, 15) is 5.26 Å². The number of allylic oxidation sites excluding steroid dienone is 2. The van der Waals surface area contributed by atoms with Crippen LogP contribution in [-0.4, -0.2) is 11.4 Å². The molecule has 184 valence electrons. The normalized spacial score (nSPS) is 44.9. The second-order valence-electron chi connectivity index (χ2n) is 14.0. The largest absolute Gasteiger partial charge is 0.252 e. The Balaban J connectivity index is 1.58. The van der Waals surface area contributed by atoms with Gasteiger partial charge in [-0.25, -0.2) is 4.89 Å². The molecule has 0 amide bonds. The second-order valence-corrected chi connectivity index (χ2v) is 14.0. The summed E-state index contributed by atoms with van der Waals surface area (Å²) in [4.78, 5) is 4.86. The molecule has 0 radical (unpaired) electrons. The Morgan fingerprint density at radius 3 is 2.28 bits per heavy atom. The van der Waals surface area contributed by atoms with Crippen molar-refractivity contribution in [2.75, 3.05) is 0 Å². The monoisotopic (exact) mass is 444 g/mol. The molecule has 1 N–H and O–H groups in total. The lowest BCUT2D eigenvalue weighted by Gasteiger charge is -2.62. The fraction of sp³-hybridized carbons (Fsp3) is 0.933. The molecule has 9 unspecified atom stereocenters. The van der Waals surface area contributed by atoms with Gasteiger partial charge >= 0.3 is 0 Å². The maximum atomic E-state index is 9.42. The molecule has 9 atom stereocenters. The standard InChI is InChI=1S/C30H52O2/c1-19(2)9-10-20(3)23-12-13-25-22-11-14-27-28(5,6)24(21(4)32-31)15-18-30(27,8)26(22)16-17-29(23,25)7/h14,19-26,31H,9-13,15-18H2,1-8H3. The Bertz CT molecular complexity index is 708. The van der Waals surface area contributed by atoms with E-state index in [1.807, 2.05) is 6.92 Å². The maximum Gasteiger partial charge on any atom is 0.0935 e. The molecular formula is C30H52O2. The van der Waals surface area contributed by atoms with Crippen LogP contribution in [0, 0.1) is 57.7 Å². The van der Waals surface area contributed by atoms with Gasteiger partial charge in [0.05, 0.1) is 6.10 Å². The van der Waals surface area contributed by atoms with E-state index >= 15 is 0 Å². The Hall–Kier alpha value is -0.340. The smallest absolute Gasteiger partial charge is 0.0935 e. The highest BCUT2D eigenvalue weighted by molar-refractivity contribution is 5.31. The van der Waals surface area contributed by atoms with Gasteiger partial charge in [-0.05, 0) is 110 Å². The molecule has 2 nitrogen and oxygen atoms in total. The quantitative estimate of drug-likeness (QED) is 0.252. The zero-order valence-electron chi connectivity index (χ0n) is 22.4.